The SMILES string of the molecule is O=C(O)CCCn1cnc2sc(-c3ccccc3)cc2c1=O. The summed E-state index contributed by atoms with van der Waals surface area (Å²) in [5.41, 5.74) is 0.941. The first-order valence-corrected chi connectivity index (χ1v) is 7.73. The molecule has 0 aliphatic heterocycles. The van der Waals surface area contributed by atoms with E-state index in [1.165, 1.54) is 22.2 Å². The molecular weight excluding hydrogens is 300 g/mol. The number of aryl methyl sites for hydroxylation is 1. The molecule has 1 N–H and O–H groups in total. The van der Waals surface area contributed by atoms with Gasteiger partial charge in [-0.15, -0.1) is 11.3 Å². The molecule has 0 saturated heterocycles. The van der Waals surface area contributed by atoms with Crippen LogP contribution in [0.5, 0.6) is 0 Å². The van der Waals surface area contributed by atoms with Crippen LogP contribution in [0.3, 0.4) is 0 Å². The van der Waals surface area contributed by atoms with Gasteiger partial charge in [0.1, 0.15) is 4.83 Å². The highest BCUT2D eigenvalue weighted by atomic mass is 32.1. The van der Waals surface area contributed by atoms with Crippen LogP contribution in [0.4, 0.5) is 0 Å². The van der Waals surface area contributed by atoms with E-state index in [2.05, 4.69) is 4.98 Å². The van der Waals surface area contributed by atoms with Gasteiger partial charge in [0, 0.05) is 17.8 Å². The summed E-state index contributed by atoms with van der Waals surface area (Å²) in [7, 11) is 0. The van der Waals surface area contributed by atoms with Gasteiger partial charge < -0.3 is 5.11 Å². The molecule has 0 amide bonds. The molecule has 0 fully saturated rings. The van der Waals surface area contributed by atoms with E-state index in [1.807, 2.05) is 36.4 Å². The number of aromatic nitrogens is 2. The van der Waals surface area contributed by atoms with Crippen LogP contribution < -0.4 is 5.56 Å². The highest BCUT2D eigenvalue weighted by molar-refractivity contribution is 7.21. The largest absolute Gasteiger partial charge is 0.481 e. The number of hydrogen-bond acceptors (Lipinski definition) is 4. The van der Waals surface area contributed by atoms with Crippen LogP contribution in [-0.2, 0) is 11.3 Å². The fourth-order valence-corrected chi connectivity index (χ4v) is 3.26. The lowest BCUT2D eigenvalue weighted by atomic mass is 10.2. The Hall–Kier alpha value is -2.47. The maximum atomic E-state index is 12.4. The zero-order chi connectivity index (χ0) is 15.5. The van der Waals surface area contributed by atoms with Crippen LogP contribution in [-0.4, -0.2) is 20.6 Å². The van der Waals surface area contributed by atoms with Crippen molar-refractivity contribution in [2.75, 3.05) is 0 Å². The fourth-order valence-electron chi connectivity index (χ4n) is 2.26. The second kappa shape index (κ2) is 6.11. The monoisotopic (exact) mass is 314 g/mol. The first-order valence-electron chi connectivity index (χ1n) is 6.91. The van der Waals surface area contributed by atoms with Crippen LogP contribution in [0.1, 0.15) is 12.8 Å². The molecule has 0 atom stereocenters. The number of nitrogens with zero attached hydrogens (tertiary/aromatic N) is 2. The van der Waals surface area contributed by atoms with Crippen LogP contribution in [0.15, 0.2) is 47.5 Å². The molecule has 112 valence electrons. The summed E-state index contributed by atoms with van der Waals surface area (Å²) < 4.78 is 1.48. The molecule has 5 nitrogen and oxygen atoms in total. The van der Waals surface area contributed by atoms with Crippen LogP contribution >= 0.6 is 11.3 Å². The smallest absolute Gasteiger partial charge is 0.303 e. The van der Waals surface area contributed by atoms with Crippen molar-refractivity contribution in [2.45, 2.75) is 19.4 Å². The number of carbonyl (C=O) groups is 1. The highest BCUT2D eigenvalue weighted by Crippen LogP contribution is 2.30. The predicted octanol–water partition coefficient (Wildman–Crippen LogP) is 2.99. The number of carboxylic acid groups (broad SMARTS) is 1. The van der Waals surface area contributed by atoms with Gasteiger partial charge >= 0.3 is 5.97 Å². The lowest BCUT2D eigenvalue weighted by Gasteiger charge is -2.02. The van der Waals surface area contributed by atoms with E-state index in [9.17, 15) is 9.59 Å². The summed E-state index contributed by atoms with van der Waals surface area (Å²) in [5, 5.41) is 9.25. The Morgan fingerprint density at radius 1 is 1.27 bits per heavy atom. The van der Waals surface area contributed by atoms with Crippen molar-refractivity contribution in [3.05, 3.63) is 53.1 Å². The molecule has 0 saturated carbocycles. The van der Waals surface area contributed by atoms with Crippen molar-refractivity contribution in [2.24, 2.45) is 0 Å². The molecule has 0 aliphatic carbocycles. The lowest BCUT2D eigenvalue weighted by Crippen LogP contribution is -2.20. The Labute approximate surface area is 130 Å². The molecule has 0 unspecified atom stereocenters. The Kier molecular flexibility index (Phi) is 4.02. The van der Waals surface area contributed by atoms with E-state index in [-0.39, 0.29) is 12.0 Å². The Balaban J connectivity index is 1.94. The van der Waals surface area contributed by atoms with Crippen molar-refractivity contribution in [1.29, 1.82) is 0 Å². The average molecular weight is 314 g/mol. The number of fused-ring (bicyclic) bond motifs is 1. The predicted molar refractivity (Wildman–Crippen MR) is 86.2 cm³/mol. The standard InChI is InChI=1S/C16H14N2O3S/c19-14(20)7-4-8-18-10-17-15-12(16(18)21)9-13(22-15)11-5-2-1-3-6-11/h1-3,5-6,9-10H,4,7-8H2,(H,19,20). The summed E-state index contributed by atoms with van der Waals surface area (Å²) in [4.78, 5) is 29.0. The van der Waals surface area contributed by atoms with E-state index in [0.717, 1.165) is 10.4 Å². The summed E-state index contributed by atoms with van der Waals surface area (Å²) in [6, 6.07) is 11.7. The van der Waals surface area contributed by atoms with E-state index in [1.54, 1.807) is 0 Å². The van der Waals surface area contributed by atoms with Crippen LogP contribution in [0, 0.1) is 0 Å². The molecule has 6 heteroatoms. The molecule has 1 aromatic carbocycles. The van der Waals surface area contributed by atoms with Crippen molar-refractivity contribution in [3.8, 4) is 10.4 Å². The highest BCUT2D eigenvalue weighted by Gasteiger charge is 2.10. The first-order chi connectivity index (χ1) is 10.6. The van der Waals surface area contributed by atoms with E-state index in [0.29, 0.717) is 23.2 Å². The van der Waals surface area contributed by atoms with Gasteiger partial charge in [-0.2, -0.15) is 0 Å². The molecule has 0 radical (unpaired) electrons. The summed E-state index contributed by atoms with van der Waals surface area (Å²) in [5.74, 6) is -0.857. The minimum Gasteiger partial charge on any atom is -0.481 e. The van der Waals surface area contributed by atoms with E-state index >= 15 is 0 Å². The number of aliphatic carboxylic acids is 1. The van der Waals surface area contributed by atoms with Gasteiger partial charge in [-0.05, 0) is 18.1 Å². The van der Waals surface area contributed by atoms with E-state index in [4.69, 9.17) is 5.11 Å². The average Bonchev–Trinajstić information content (AvgIpc) is 2.95. The zero-order valence-corrected chi connectivity index (χ0v) is 12.5. The molecule has 0 bridgehead atoms. The summed E-state index contributed by atoms with van der Waals surface area (Å²) in [6.07, 6.45) is 1.96. The van der Waals surface area contributed by atoms with Gasteiger partial charge in [-0.1, -0.05) is 30.3 Å². The second-order valence-electron chi connectivity index (χ2n) is 4.94. The minimum absolute atomic E-state index is 0.0450. The molecule has 2 aromatic heterocycles. The number of hydrogen-bond donors (Lipinski definition) is 1. The first kappa shape index (κ1) is 14.5. The molecular formula is C16H14N2O3S. The van der Waals surface area contributed by atoms with Gasteiger partial charge in [0.15, 0.2) is 0 Å². The normalized spacial score (nSPS) is 10.9. The maximum absolute atomic E-state index is 12.4. The van der Waals surface area contributed by atoms with Crippen molar-refractivity contribution >= 4 is 27.5 Å². The zero-order valence-electron chi connectivity index (χ0n) is 11.7. The van der Waals surface area contributed by atoms with Gasteiger partial charge in [0.2, 0.25) is 0 Å². The molecule has 3 aromatic rings. The summed E-state index contributed by atoms with van der Waals surface area (Å²) in [6.45, 7) is 0.366. The van der Waals surface area contributed by atoms with Gasteiger partial charge in [0.25, 0.3) is 5.56 Å². The van der Waals surface area contributed by atoms with E-state index < -0.39 is 5.97 Å². The quantitative estimate of drug-likeness (QED) is 0.786. The topological polar surface area (TPSA) is 72.2 Å². The van der Waals surface area contributed by atoms with Crippen LogP contribution in [0.25, 0.3) is 20.7 Å². The van der Waals surface area contributed by atoms with Crippen molar-refractivity contribution < 1.29 is 9.90 Å². The Morgan fingerprint density at radius 3 is 2.77 bits per heavy atom. The van der Waals surface area contributed by atoms with Crippen LogP contribution in [0.2, 0.25) is 0 Å². The lowest BCUT2D eigenvalue weighted by molar-refractivity contribution is -0.137. The van der Waals surface area contributed by atoms with Gasteiger partial charge in [-0.3, -0.25) is 14.2 Å². The Morgan fingerprint density at radius 2 is 2.05 bits per heavy atom. The van der Waals surface area contributed by atoms with Gasteiger partial charge in [0.05, 0.1) is 11.7 Å². The van der Waals surface area contributed by atoms with Gasteiger partial charge in [-0.25, -0.2) is 4.98 Å². The third kappa shape index (κ3) is 2.92. The molecule has 2 heterocycles. The van der Waals surface area contributed by atoms with Crippen molar-refractivity contribution in [1.82, 2.24) is 9.55 Å². The minimum atomic E-state index is -0.857. The third-order valence-electron chi connectivity index (χ3n) is 3.37. The second-order valence-corrected chi connectivity index (χ2v) is 5.97. The number of carboxylic acids is 1. The molecule has 0 spiro atoms. The Bertz CT molecular complexity index is 868. The molecule has 22 heavy (non-hydrogen) atoms. The number of thiophene rings is 1. The van der Waals surface area contributed by atoms with Crippen molar-refractivity contribution in [3.63, 3.8) is 0 Å². The molecule has 3 rings (SSSR count). The summed E-state index contributed by atoms with van der Waals surface area (Å²) >= 11 is 1.48. The number of benzene rings is 1. The maximum Gasteiger partial charge on any atom is 0.303 e. The number of rotatable bonds is 5. The third-order valence-corrected chi connectivity index (χ3v) is 4.46. The molecule has 0 aliphatic rings. The fraction of sp³-hybridized carbons (Fsp3) is 0.188.